The maximum absolute atomic E-state index is 12.3. The summed E-state index contributed by atoms with van der Waals surface area (Å²) in [4.78, 5) is 12.3. The molecule has 0 saturated heterocycles. The van der Waals surface area contributed by atoms with Gasteiger partial charge >= 0.3 is 0 Å². The van der Waals surface area contributed by atoms with E-state index in [2.05, 4.69) is 10.6 Å². The molecule has 1 amide bonds. The van der Waals surface area contributed by atoms with Gasteiger partial charge in [-0.25, -0.2) is 0 Å². The zero-order valence-corrected chi connectivity index (χ0v) is 14.2. The van der Waals surface area contributed by atoms with Crippen LogP contribution in [0.15, 0.2) is 54.6 Å². The summed E-state index contributed by atoms with van der Waals surface area (Å²) >= 11 is 23.7. The predicted molar refractivity (Wildman–Crippen MR) is 93.1 cm³/mol. The molecular formula is C15H12Cl4N2O. The Morgan fingerprint density at radius 3 is 2.27 bits per heavy atom. The summed E-state index contributed by atoms with van der Waals surface area (Å²) in [6.45, 7) is 0. The monoisotopic (exact) mass is 376 g/mol. The summed E-state index contributed by atoms with van der Waals surface area (Å²) in [6.07, 6.45) is -0.911. The number of benzene rings is 2. The molecule has 3 nitrogen and oxygen atoms in total. The number of halogens is 4. The Hall–Kier alpha value is -1.13. The number of anilines is 1. The summed E-state index contributed by atoms with van der Waals surface area (Å²) in [5.74, 6) is -0.401. The number of rotatable bonds is 4. The molecule has 0 aliphatic heterocycles. The van der Waals surface area contributed by atoms with Crippen LogP contribution in [0.25, 0.3) is 0 Å². The van der Waals surface area contributed by atoms with E-state index in [9.17, 15) is 4.79 Å². The Kier molecular flexibility index (Phi) is 5.81. The van der Waals surface area contributed by atoms with Gasteiger partial charge in [0, 0.05) is 16.3 Å². The van der Waals surface area contributed by atoms with E-state index in [1.807, 2.05) is 18.2 Å². The van der Waals surface area contributed by atoms with Gasteiger partial charge in [-0.3, -0.25) is 4.79 Å². The zero-order valence-electron chi connectivity index (χ0n) is 11.2. The summed E-state index contributed by atoms with van der Waals surface area (Å²) in [7, 11) is 0. The average Bonchev–Trinajstić information content (AvgIpc) is 2.46. The van der Waals surface area contributed by atoms with Crippen molar-refractivity contribution in [2.75, 3.05) is 5.32 Å². The molecule has 0 aliphatic carbocycles. The van der Waals surface area contributed by atoms with Crippen molar-refractivity contribution in [2.24, 2.45) is 0 Å². The molecule has 0 aliphatic rings. The van der Waals surface area contributed by atoms with Crippen molar-refractivity contribution < 1.29 is 4.79 Å². The van der Waals surface area contributed by atoms with Crippen molar-refractivity contribution in [3.8, 4) is 0 Å². The molecule has 0 bridgehead atoms. The second-order valence-corrected chi connectivity index (χ2v) is 7.27. The summed E-state index contributed by atoms with van der Waals surface area (Å²) in [5.41, 5.74) is 1.09. The van der Waals surface area contributed by atoms with Crippen LogP contribution in [0.1, 0.15) is 10.4 Å². The van der Waals surface area contributed by atoms with E-state index < -0.39 is 15.9 Å². The SMILES string of the molecule is O=C(NC(Nc1ccccc1)C(Cl)(Cl)Cl)c1cccc(Cl)c1. The Labute approximate surface area is 148 Å². The van der Waals surface area contributed by atoms with Gasteiger partial charge in [0.1, 0.15) is 6.17 Å². The molecule has 2 N–H and O–H groups in total. The van der Waals surface area contributed by atoms with E-state index in [1.54, 1.807) is 30.3 Å². The molecule has 0 spiro atoms. The van der Waals surface area contributed by atoms with E-state index in [-0.39, 0.29) is 0 Å². The first kappa shape index (κ1) is 17.2. The first-order chi connectivity index (χ1) is 10.4. The van der Waals surface area contributed by atoms with Gasteiger partial charge < -0.3 is 10.6 Å². The second kappa shape index (κ2) is 7.42. The number of para-hydroxylation sites is 1. The number of alkyl halides is 3. The number of carbonyl (C=O) groups is 1. The fourth-order valence-electron chi connectivity index (χ4n) is 1.74. The molecule has 0 radical (unpaired) electrons. The van der Waals surface area contributed by atoms with Gasteiger partial charge in [-0.05, 0) is 30.3 Å². The fourth-order valence-corrected chi connectivity index (χ4v) is 2.26. The molecule has 1 unspecified atom stereocenters. The van der Waals surface area contributed by atoms with Crippen molar-refractivity contribution in [1.82, 2.24) is 5.32 Å². The number of amides is 1. The van der Waals surface area contributed by atoms with E-state index in [4.69, 9.17) is 46.4 Å². The maximum Gasteiger partial charge on any atom is 0.253 e. The third-order valence-corrected chi connectivity index (χ3v) is 3.66. The van der Waals surface area contributed by atoms with Crippen molar-refractivity contribution in [3.05, 3.63) is 65.2 Å². The standard InChI is InChI=1S/C15H12Cl4N2O/c16-11-6-4-5-10(9-11)13(22)21-14(15(17,18)19)20-12-7-2-1-3-8-12/h1-9,14,20H,(H,21,22). The highest BCUT2D eigenvalue weighted by Gasteiger charge is 2.34. The van der Waals surface area contributed by atoms with Gasteiger partial charge in [0.05, 0.1) is 0 Å². The van der Waals surface area contributed by atoms with Gasteiger partial charge in [0.2, 0.25) is 3.79 Å². The van der Waals surface area contributed by atoms with E-state index in [0.29, 0.717) is 16.3 Å². The lowest BCUT2D eigenvalue weighted by Crippen LogP contribution is -2.49. The normalized spacial score (nSPS) is 12.5. The first-order valence-corrected chi connectivity index (χ1v) is 7.82. The minimum absolute atomic E-state index is 0.376. The third-order valence-electron chi connectivity index (χ3n) is 2.77. The van der Waals surface area contributed by atoms with Crippen molar-refractivity contribution in [1.29, 1.82) is 0 Å². The maximum atomic E-state index is 12.3. The summed E-state index contributed by atoms with van der Waals surface area (Å²) < 4.78 is -1.73. The molecule has 0 heterocycles. The molecule has 2 aromatic rings. The van der Waals surface area contributed by atoms with Crippen LogP contribution in [0.5, 0.6) is 0 Å². The molecule has 7 heteroatoms. The van der Waals surface area contributed by atoms with Crippen LogP contribution in [0.4, 0.5) is 5.69 Å². The van der Waals surface area contributed by atoms with Crippen LogP contribution in [0, 0.1) is 0 Å². The first-order valence-electron chi connectivity index (χ1n) is 6.31. The lowest BCUT2D eigenvalue weighted by atomic mass is 10.2. The van der Waals surface area contributed by atoms with Crippen molar-refractivity contribution in [2.45, 2.75) is 9.96 Å². The lowest BCUT2D eigenvalue weighted by Gasteiger charge is -2.27. The van der Waals surface area contributed by atoms with Crippen LogP contribution >= 0.6 is 46.4 Å². The van der Waals surface area contributed by atoms with E-state index in [0.717, 1.165) is 0 Å². The van der Waals surface area contributed by atoms with Gasteiger partial charge in [-0.15, -0.1) is 0 Å². The van der Waals surface area contributed by atoms with Crippen molar-refractivity contribution in [3.63, 3.8) is 0 Å². The van der Waals surface area contributed by atoms with Crippen LogP contribution in [-0.2, 0) is 0 Å². The highest BCUT2D eigenvalue weighted by atomic mass is 35.6. The number of hydrogen-bond acceptors (Lipinski definition) is 2. The van der Waals surface area contributed by atoms with E-state index in [1.165, 1.54) is 6.07 Å². The number of carbonyl (C=O) groups excluding carboxylic acids is 1. The Balaban J connectivity index is 2.15. The van der Waals surface area contributed by atoms with Gasteiger partial charge in [-0.2, -0.15) is 0 Å². The molecule has 0 aromatic heterocycles. The van der Waals surface area contributed by atoms with Crippen LogP contribution < -0.4 is 10.6 Å². The highest BCUT2D eigenvalue weighted by Crippen LogP contribution is 2.31. The Morgan fingerprint density at radius 1 is 1.00 bits per heavy atom. The quantitative estimate of drug-likeness (QED) is 0.588. The average molecular weight is 378 g/mol. The minimum Gasteiger partial charge on any atom is -0.362 e. The van der Waals surface area contributed by atoms with Crippen molar-refractivity contribution >= 4 is 58.0 Å². The lowest BCUT2D eigenvalue weighted by molar-refractivity contribution is 0.0942. The molecule has 22 heavy (non-hydrogen) atoms. The van der Waals surface area contributed by atoms with Gasteiger partial charge in [-0.1, -0.05) is 70.7 Å². The molecule has 1 atom stereocenters. The number of hydrogen-bond donors (Lipinski definition) is 2. The molecule has 0 fully saturated rings. The second-order valence-electron chi connectivity index (χ2n) is 4.47. The zero-order chi connectivity index (χ0) is 16.2. The Bertz CT molecular complexity index is 643. The third kappa shape index (κ3) is 4.96. The largest absolute Gasteiger partial charge is 0.362 e. The van der Waals surface area contributed by atoms with Gasteiger partial charge in [0.15, 0.2) is 0 Å². The Morgan fingerprint density at radius 2 is 1.68 bits per heavy atom. The predicted octanol–water partition coefficient (Wildman–Crippen LogP) is 4.88. The minimum atomic E-state index is -1.73. The molecule has 2 aromatic carbocycles. The molecule has 0 saturated carbocycles. The highest BCUT2D eigenvalue weighted by molar-refractivity contribution is 6.68. The van der Waals surface area contributed by atoms with E-state index >= 15 is 0 Å². The smallest absolute Gasteiger partial charge is 0.253 e. The van der Waals surface area contributed by atoms with Crippen LogP contribution in [0.3, 0.4) is 0 Å². The fraction of sp³-hybridized carbons (Fsp3) is 0.133. The molecule has 116 valence electrons. The van der Waals surface area contributed by atoms with Gasteiger partial charge in [0.25, 0.3) is 5.91 Å². The topological polar surface area (TPSA) is 41.1 Å². The van der Waals surface area contributed by atoms with Crippen LogP contribution in [-0.4, -0.2) is 15.9 Å². The number of nitrogens with one attached hydrogen (secondary N) is 2. The summed E-state index contributed by atoms with van der Waals surface area (Å²) in [6, 6.07) is 15.6. The summed E-state index contributed by atoms with van der Waals surface area (Å²) in [5, 5.41) is 6.07. The van der Waals surface area contributed by atoms with Crippen LogP contribution in [0.2, 0.25) is 5.02 Å². The molecular weight excluding hydrogens is 366 g/mol. The molecule has 2 rings (SSSR count).